The lowest BCUT2D eigenvalue weighted by atomic mass is 9.49. The first kappa shape index (κ1) is 51.8. The van der Waals surface area contributed by atoms with Crippen LogP contribution in [0, 0.1) is 23.2 Å². The zero-order chi connectivity index (χ0) is 42.1. The van der Waals surface area contributed by atoms with E-state index in [1.165, 1.54) is 199 Å². The summed E-state index contributed by atoms with van der Waals surface area (Å²) in [6.07, 6.45) is 50.3. The van der Waals surface area contributed by atoms with E-state index in [1.54, 1.807) is 0 Å². The molecule has 4 aliphatic carbocycles. The van der Waals surface area contributed by atoms with E-state index >= 15 is 0 Å². The van der Waals surface area contributed by atoms with Gasteiger partial charge in [-0.25, -0.2) is 4.79 Å². The minimum atomic E-state index is -0.791. The zero-order valence-electron chi connectivity index (χ0n) is 39.3. The van der Waals surface area contributed by atoms with Crippen molar-refractivity contribution < 1.29 is 23.9 Å². The standard InChI is InChI=1S/C53H97NO5/c1-3-5-7-9-11-13-15-17-19-21-23-25-27-29-31-33-37-58-51(56)36-35-49(54-50(55)45-53-42-46-39-47(43-53)41-48(40-46)44-53)52(57)59-38-34-32-30-28-26-24-22-20-18-16-14-12-10-8-6-4-2/h46-49H,3-45H2,1-2H3,(H,54,55)/t46?,47?,48?,49-,53?/m0/s1. The smallest absolute Gasteiger partial charge is 0.328 e. The van der Waals surface area contributed by atoms with Gasteiger partial charge >= 0.3 is 11.9 Å². The van der Waals surface area contributed by atoms with Crippen LogP contribution >= 0.6 is 0 Å². The van der Waals surface area contributed by atoms with Crippen LogP contribution in [0.1, 0.15) is 277 Å². The summed E-state index contributed by atoms with van der Waals surface area (Å²) < 4.78 is 11.3. The Hall–Kier alpha value is -1.59. The first-order valence-corrected chi connectivity index (χ1v) is 26.5. The Morgan fingerprint density at radius 2 is 0.797 bits per heavy atom. The summed E-state index contributed by atoms with van der Waals surface area (Å²) in [5.41, 5.74) is 0.104. The van der Waals surface area contributed by atoms with Gasteiger partial charge in [0.25, 0.3) is 0 Å². The van der Waals surface area contributed by atoms with Crippen molar-refractivity contribution in [2.45, 2.75) is 283 Å². The lowest BCUT2D eigenvalue weighted by Crippen LogP contribution is -2.50. The molecular formula is C53H97NO5. The van der Waals surface area contributed by atoms with Gasteiger partial charge in [-0.3, -0.25) is 9.59 Å². The van der Waals surface area contributed by atoms with Crippen LogP contribution in [0.2, 0.25) is 0 Å². The van der Waals surface area contributed by atoms with Crippen LogP contribution in [0.5, 0.6) is 0 Å². The molecule has 1 N–H and O–H groups in total. The van der Waals surface area contributed by atoms with Gasteiger partial charge in [-0.15, -0.1) is 0 Å². The van der Waals surface area contributed by atoms with Gasteiger partial charge in [-0.05, 0) is 81.0 Å². The maximum atomic E-state index is 13.5. The van der Waals surface area contributed by atoms with Crippen molar-refractivity contribution >= 4 is 17.8 Å². The van der Waals surface area contributed by atoms with E-state index in [0.717, 1.165) is 62.7 Å². The normalized spacial score (nSPS) is 21.2. The zero-order valence-corrected chi connectivity index (χ0v) is 39.3. The van der Waals surface area contributed by atoms with Gasteiger partial charge < -0.3 is 14.8 Å². The summed E-state index contributed by atoms with van der Waals surface area (Å²) in [7, 11) is 0. The molecule has 4 rings (SSSR count). The Balaban J connectivity index is 1.23. The minimum absolute atomic E-state index is 0.0437. The maximum absolute atomic E-state index is 13.5. The maximum Gasteiger partial charge on any atom is 0.328 e. The van der Waals surface area contributed by atoms with E-state index in [9.17, 15) is 14.4 Å². The summed E-state index contributed by atoms with van der Waals surface area (Å²) in [6, 6.07) is -0.791. The molecule has 4 bridgehead atoms. The number of carbonyl (C=O) groups is 3. The highest BCUT2D eigenvalue weighted by molar-refractivity contribution is 5.85. The van der Waals surface area contributed by atoms with Gasteiger partial charge in [-0.2, -0.15) is 0 Å². The van der Waals surface area contributed by atoms with Gasteiger partial charge in [0.2, 0.25) is 5.91 Å². The lowest BCUT2D eigenvalue weighted by Gasteiger charge is -2.56. The van der Waals surface area contributed by atoms with Crippen LogP contribution in [-0.4, -0.2) is 37.1 Å². The average molecular weight is 828 g/mol. The number of carbonyl (C=O) groups excluding carboxylic acids is 3. The lowest BCUT2D eigenvalue weighted by molar-refractivity contribution is -0.150. The number of amides is 1. The van der Waals surface area contributed by atoms with Gasteiger partial charge in [0.05, 0.1) is 13.2 Å². The molecule has 0 unspecified atom stereocenters. The molecule has 344 valence electrons. The molecule has 6 nitrogen and oxygen atoms in total. The van der Waals surface area contributed by atoms with Crippen LogP contribution in [0.3, 0.4) is 0 Å². The van der Waals surface area contributed by atoms with Crippen LogP contribution in [0.25, 0.3) is 0 Å². The highest BCUT2D eigenvalue weighted by Crippen LogP contribution is 2.61. The molecule has 0 radical (unpaired) electrons. The van der Waals surface area contributed by atoms with Crippen molar-refractivity contribution in [3.8, 4) is 0 Å². The van der Waals surface area contributed by atoms with Crippen molar-refractivity contribution in [1.82, 2.24) is 5.32 Å². The number of ether oxygens (including phenoxy) is 2. The van der Waals surface area contributed by atoms with Crippen LogP contribution in [0.15, 0.2) is 0 Å². The highest BCUT2D eigenvalue weighted by atomic mass is 16.5. The number of nitrogens with one attached hydrogen (secondary N) is 1. The Labute approximate surface area is 365 Å². The van der Waals surface area contributed by atoms with E-state index < -0.39 is 12.0 Å². The van der Waals surface area contributed by atoms with Crippen molar-refractivity contribution in [2.24, 2.45) is 23.2 Å². The van der Waals surface area contributed by atoms with E-state index in [1.807, 2.05) is 0 Å². The molecule has 1 amide bonds. The first-order valence-electron chi connectivity index (χ1n) is 26.5. The molecule has 1 atom stereocenters. The third kappa shape index (κ3) is 25.2. The minimum Gasteiger partial charge on any atom is -0.466 e. The van der Waals surface area contributed by atoms with E-state index in [4.69, 9.17) is 9.47 Å². The molecule has 4 fully saturated rings. The second-order valence-electron chi connectivity index (χ2n) is 20.2. The monoisotopic (exact) mass is 828 g/mol. The molecular weight excluding hydrogens is 731 g/mol. The number of hydrogen-bond acceptors (Lipinski definition) is 5. The quantitative estimate of drug-likeness (QED) is 0.0490. The Kier molecular flexibility index (Phi) is 29.8. The predicted molar refractivity (Wildman–Crippen MR) is 247 cm³/mol. The number of unbranched alkanes of at least 4 members (excludes halogenated alkanes) is 30. The number of esters is 2. The molecule has 0 spiro atoms. The number of rotatable bonds is 41. The SMILES string of the molecule is CCCCCCCCCCCCCCCCCCOC(=O)CC[C@H](NC(=O)CC12CC3CC(CC(C3)C1)C2)C(=O)OCCCCCCCCCCCCCCCCCC. The van der Waals surface area contributed by atoms with Gasteiger partial charge in [0.1, 0.15) is 6.04 Å². The van der Waals surface area contributed by atoms with E-state index in [0.29, 0.717) is 19.6 Å². The topological polar surface area (TPSA) is 81.7 Å². The predicted octanol–water partition coefficient (Wildman–Crippen LogP) is 15.5. The molecule has 0 heterocycles. The Morgan fingerprint density at radius 1 is 0.475 bits per heavy atom. The van der Waals surface area contributed by atoms with Gasteiger partial charge in [0, 0.05) is 12.8 Å². The van der Waals surface area contributed by atoms with Crippen molar-refractivity contribution in [1.29, 1.82) is 0 Å². The second kappa shape index (κ2) is 34.0. The van der Waals surface area contributed by atoms with Gasteiger partial charge in [-0.1, -0.05) is 206 Å². The van der Waals surface area contributed by atoms with Crippen molar-refractivity contribution in [2.75, 3.05) is 13.2 Å². The summed E-state index contributed by atoms with van der Waals surface area (Å²) >= 11 is 0. The van der Waals surface area contributed by atoms with Crippen molar-refractivity contribution in [3.63, 3.8) is 0 Å². The largest absolute Gasteiger partial charge is 0.466 e. The van der Waals surface area contributed by atoms with E-state index in [2.05, 4.69) is 19.2 Å². The summed E-state index contributed by atoms with van der Waals surface area (Å²) in [4.78, 5) is 39.6. The fraction of sp³-hybridized carbons (Fsp3) is 0.943. The van der Waals surface area contributed by atoms with Crippen LogP contribution in [0.4, 0.5) is 0 Å². The molecule has 4 saturated carbocycles. The molecule has 0 aromatic carbocycles. The first-order chi connectivity index (χ1) is 28.9. The third-order valence-corrected chi connectivity index (χ3v) is 14.5. The molecule has 6 heteroatoms. The molecule has 0 aromatic heterocycles. The Bertz CT molecular complexity index is 1020. The van der Waals surface area contributed by atoms with Crippen LogP contribution < -0.4 is 5.32 Å². The number of hydrogen-bond donors (Lipinski definition) is 1. The molecule has 0 aliphatic heterocycles. The summed E-state index contributed by atoms with van der Waals surface area (Å²) in [6.45, 7) is 5.38. The third-order valence-electron chi connectivity index (χ3n) is 14.5. The summed E-state index contributed by atoms with van der Waals surface area (Å²) in [5, 5.41) is 3.06. The molecule has 59 heavy (non-hydrogen) atoms. The molecule has 0 aromatic rings. The highest BCUT2D eigenvalue weighted by Gasteiger charge is 2.51. The molecule has 4 aliphatic rings. The Morgan fingerprint density at radius 3 is 1.15 bits per heavy atom. The molecule has 0 saturated heterocycles. The van der Waals surface area contributed by atoms with Crippen molar-refractivity contribution in [3.05, 3.63) is 0 Å². The van der Waals surface area contributed by atoms with Crippen LogP contribution in [-0.2, 0) is 23.9 Å². The van der Waals surface area contributed by atoms with E-state index in [-0.39, 0.29) is 30.1 Å². The summed E-state index contributed by atoms with van der Waals surface area (Å²) in [5.74, 6) is 1.61. The average Bonchev–Trinajstić information content (AvgIpc) is 3.21. The van der Waals surface area contributed by atoms with Gasteiger partial charge in [0.15, 0.2) is 0 Å². The fourth-order valence-electron chi connectivity index (χ4n) is 11.4. The fourth-order valence-corrected chi connectivity index (χ4v) is 11.4. The second-order valence-corrected chi connectivity index (χ2v) is 20.2.